The predicted molar refractivity (Wildman–Crippen MR) is 97.2 cm³/mol. The molecule has 134 valence electrons. The number of furan rings is 1. The molecule has 1 aromatic carbocycles. The summed E-state index contributed by atoms with van der Waals surface area (Å²) in [4.78, 5) is 30.7. The Morgan fingerprint density at radius 2 is 1.96 bits per heavy atom. The summed E-state index contributed by atoms with van der Waals surface area (Å²) in [6.45, 7) is 4.83. The summed E-state index contributed by atoms with van der Waals surface area (Å²) in [6, 6.07) is 11.3. The summed E-state index contributed by atoms with van der Waals surface area (Å²) >= 11 is 0. The maximum atomic E-state index is 12.9. The fraction of sp³-hybridized carbons (Fsp3) is 0.350. The zero-order chi connectivity index (χ0) is 18.3. The van der Waals surface area contributed by atoms with Gasteiger partial charge < -0.3 is 13.9 Å². The van der Waals surface area contributed by atoms with Crippen molar-refractivity contribution in [1.29, 1.82) is 0 Å². The molecule has 0 spiro atoms. The van der Waals surface area contributed by atoms with E-state index in [0.717, 1.165) is 29.7 Å². The quantitative estimate of drug-likeness (QED) is 0.675. The maximum absolute atomic E-state index is 12.9. The fourth-order valence-corrected chi connectivity index (χ4v) is 3.71. The third kappa shape index (κ3) is 2.81. The standard InChI is InChI=1S/C20H21N3O3/c1-13(24)18-9-10-19(26-18)20(25)22-11-5-6-15(22)12-23-14(2)21-16-7-3-4-8-17(16)23/h3-4,7-10,15H,5-6,11-12H2,1-2H3. The van der Waals surface area contributed by atoms with Crippen molar-refractivity contribution >= 4 is 22.7 Å². The van der Waals surface area contributed by atoms with E-state index in [1.807, 2.05) is 30.0 Å². The molecule has 0 radical (unpaired) electrons. The van der Waals surface area contributed by atoms with Crippen LogP contribution in [0.4, 0.5) is 0 Å². The van der Waals surface area contributed by atoms with Crippen molar-refractivity contribution in [2.24, 2.45) is 0 Å². The Bertz CT molecular complexity index is 985. The average molecular weight is 351 g/mol. The van der Waals surface area contributed by atoms with Gasteiger partial charge in [0, 0.05) is 20.0 Å². The van der Waals surface area contributed by atoms with Crippen molar-refractivity contribution in [3.63, 3.8) is 0 Å². The number of carbonyl (C=O) groups excluding carboxylic acids is 2. The number of nitrogens with zero attached hydrogens (tertiary/aromatic N) is 3. The number of ketones is 1. The number of rotatable bonds is 4. The lowest BCUT2D eigenvalue weighted by Crippen LogP contribution is -2.38. The molecule has 0 saturated carbocycles. The number of aryl methyl sites for hydroxylation is 1. The van der Waals surface area contributed by atoms with Crippen LogP contribution < -0.4 is 0 Å². The van der Waals surface area contributed by atoms with Crippen LogP contribution in [0.5, 0.6) is 0 Å². The van der Waals surface area contributed by atoms with E-state index in [0.29, 0.717) is 13.1 Å². The first-order valence-corrected chi connectivity index (χ1v) is 8.88. The number of para-hydroxylation sites is 2. The lowest BCUT2D eigenvalue weighted by atomic mass is 10.2. The smallest absolute Gasteiger partial charge is 0.289 e. The predicted octanol–water partition coefficient (Wildman–Crippen LogP) is 3.45. The van der Waals surface area contributed by atoms with Gasteiger partial charge in [-0.3, -0.25) is 9.59 Å². The Morgan fingerprint density at radius 3 is 2.73 bits per heavy atom. The highest BCUT2D eigenvalue weighted by molar-refractivity contribution is 5.95. The van der Waals surface area contributed by atoms with Crippen LogP contribution in [0.15, 0.2) is 40.8 Å². The van der Waals surface area contributed by atoms with Gasteiger partial charge in [0.15, 0.2) is 17.3 Å². The van der Waals surface area contributed by atoms with Crippen LogP contribution in [-0.2, 0) is 6.54 Å². The molecule has 1 fully saturated rings. The minimum atomic E-state index is -0.178. The normalized spacial score (nSPS) is 17.2. The molecule has 1 atom stereocenters. The van der Waals surface area contributed by atoms with E-state index in [9.17, 15) is 9.59 Å². The Labute approximate surface area is 151 Å². The monoisotopic (exact) mass is 351 g/mol. The Hall–Kier alpha value is -2.89. The molecule has 3 aromatic rings. The van der Waals surface area contributed by atoms with E-state index < -0.39 is 0 Å². The van der Waals surface area contributed by atoms with Crippen LogP contribution in [0.1, 0.15) is 46.7 Å². The molecule has 6 nitrogen and oxygen atoms in total. The molecule has 0 bridgehead atoms. The van der Waals surface area contributed by atoms with Crippen molar-refractivity contribution in [2.45, 2.75) is 39.3 Å². The van der Waals surface area contributed by atoms with E-state index in [1.54, 1.807) is 12.1 Å². The van der Waals surface area contributed by atoms with Gasteiger partial charge in [-0.1, -0.05) is 12.1 Å². The number of fused-ring (bicyclic) bond motifs is 1. The van der Waals surface area contributed by atoms with E-state index in [-0.39, 0.29) is 29.3 Å². The minimum absolute atomic E-state index is 0.0877. The molecule has 1 aliphatic heterocycles. The summed E-state index contributed by atoms with van der Waals surface area (Å²) in [6.07, 6.45) is 1.90. The van der Waals surface area contributed by atoms with E-state index in [2.05, 4.69) is 15.6 Å². The van der Waals surface area contributed by atoms with Gasteiger partial charge in [-0.2, -0.15) is 0 Å². The average Bonchev–Trinajstić information content (AvgIpc) is 3.34. The topological polar surface area (TPSA) is 68.3 Å². The zero-order valence-corrected chi connectivity index (χ0v) is 14.9. The SMILES string of the molecule is CC(=O)c1ccc(C(=O)N2CCCC2Cn2c(C)nc3ccccc32)o1. The van der Waals surface area contributed by atoms with Crippen LogP contribution in [0.3, 0.4) is 0 Å². The van der Waals surface area contributed by atoms with E-state index in [4.69, 9.17) is 4.42 Å². The third-order valence-electron chi connectivity index (χ3n) is 5.04. The van der Waals surface area contributed by atoms with Crippen molar-refractivity contribution in [3.05, 3.63) is 53.7 Å². The Morgan fingerprint density at radius 1 is 1.19 bits per heavy atom. The minimum Gasteiger partial charge on any atom is -0.448 e. The summed E-state index contributed by atoms with van der Waals surface area (Å²) in [7, 11) is 0. The molecule has 6 heteroatoms. The highest BCUT2D eigenvalue weighted by Crippen LogP contribution is 2.25. The molecule has 26 heavy (non-hydrogen) atoms. The van der Waals surface area contributed by atoms with Gasteiger partial charge in [-0.15, -0.1) is 0 Å². The number of likely N-dealkylation sites (tertiary alicyclic amines) is 1. The molecule has 4 rings (SSSR count). The van der Waals surface area contributed by atoms with Crippen LogP contribution in [-0.4, -0.2) is 38.7 Å². The van der Waals surface area contributed by atoms with Gasteiger partial charge in [0.1, 0.15) is 5.82 Å². The van der Waals surface area contributed by atoms with Crippen LogP contribution >= 0.6 is 0 Å². The summed E-state index contributed by atoms with van der Waals surface area (Å²) < 4.78 is 7.61. The van der Waals surface area contributed by atoms with Crippen LogP contribution in [0.2, 0.25) is 0 Å². The highest BCUT2D eigenvalue weighted by Gasteiger charge is 2.32. The van der Waals surface area contributed by atoms with Gasteiger partial charge in [0.05, 0.1) is 17.1 Å². The first-order chi connectivity index (χ1) is 12.5. The number of hydrogen-bond donors (Lipinski definition) is 0. The third-order valence-corrected chi connectivity index (χ3v) is 5.04. The molecule has 2 aromatic heterocycles. The molecule has 1 saturated heterocycles. The van der Waals surface area contributed by atoms with Gasteiger partial charge in [0.25, 0.3) is 5.91 Å². The Kier molecular flexibility index (Phi) is 4.11. The maximum Gasteiger partial charge on any atom is 0.289 e. The van der Waals surface area contributed by atoms with Gasteiger partial charge >= 0.3 is 0 Å². The number of aromatic nitrogens is 2. The lowest BCUT2D eigenvalue weighted by molar-refractivity contribution is 0.0690. The van der Waals surface area contributed by atoms with Crippen molar-refractivity contribution in [2.75, 3.05) is 6.54 Å². The summed E-state index contributed by atoms with van der Waals surface area (Å²) in [5.74, 6) is 1.07. The van der Waals surface area contributed by atoms with E-state index >= 15 is 0 Å². The van der Waals surface area contributed by atoms with Gasteiger partial charge in [0.2, 0.25) is 0 Å². The molecule has 1 aliphatic rings. The number of imidazole rings is 1. The molecule has 0 N–H and O–H groups in total. The van der Waals surface area contributed by atoms with Crippen molar-refractivity contribution < 1.29 is 14.0 Å². The molecule has 1 unspecified atom stereocenters. The Balaban J connectivity index is 1.59. The summed E-state index contributed by atoms with van der Waals surface area (Å²) in [5.41, 5.74) is 2.05. The largest absolute Gasteiger partial charge is 0.448 e. The molecule has 0 aliphatic carbocycles. The van der Waals surface area contributed by atoms with Crippen molar-refractivity contribution in [3.8, 4) is 0 Å². The first kappa shape index (κ1) is 16.6. The van der Waals surface area contributed by atoms with Gasteiger partial charge in [-0.25, -0.2) is 4.98 Å². The number of benzene rings is 1. The molecular weight excluding hydrogens is 330 g/mol. The second-order valence-corrected chi connectivity index (χ2v) is 6.77. The van der Waals surface area contributed by atoms with Crippen molar-refractivity contribution in [1.82, 2.24) is 14.5 Å². The van der Waals surface area contributed by atoms with Crippen LogP contribution in [0, 0.1) is 6.92 Å². The highest BCUT2D eigenvalue weighted by atomic mass is 16.4. The number of carbonyl (C=O) groups is 2. The van der Waals surface area contributed by atoms with Crippen LogP contribution in [0.25, 0.3) is 11.0 Å². The zero-order valence-electron chi connectivity index (χ0n) is 14.9. The van der Waals surface area contributed by atoms with E-state index in [1.165, 1.54) is 6.92 Å². The second-order valence-electron chi connectivity index (χ2n) is 6.77. The second kappa shape index (κ2) is 6.44. The van der Waals surface area contributed by atoms with Gasteiger partial charge in [-0.05, 0) is 44.0 Å². The fourth-order valence-electron chi connectivity index (χ4n) is 3.71. The number of hydrogen-bond acceptors (Lipinski definition) is 4. The summed E-state index contributed by atoms with van der Waals surface area (Å²) in [5, 5.41) is 0. The molecular formula is C20H21N3O3. The lowest BCUT2D eigenvalue weighted by Gasteiger charge is -2.25. The molecule has 3 heterocycles. The number of amides is 1. The number of Topliss-reactive ketones (excluding diaryl/α,β-unsaturated/α-hetero) is 1. The first-order valence-electron chi connectivity index (χ1n) is 8.88. The molecule has 1 amide bonds.